The van der Waals surface area contributed by atoms with Crippen molar-refractivity contribution < 1.29 is 32.7 Å². The Bertz CT molecular complexity index is 1150. The van der Waals surface area contributed by atoms with E-state index in [0.29, 0.717) is 25.7 Å². The maximum Gasteiger partial charge on any atom is 0.410 e. The lowest BCUT2D eigenvalue weighted by atomic mass is 10.0. The van der Waals surface area contributed by atoms with Crippen LogP contribution in [0.3, 0.4) is 0 Å². The lowest BCUT2D eigenvalue weighted by Gasteiger charge is -2.31. The lowest BCUT2D eigenvalue weighted by molar-refractivity contribution is -0.163. The van der Waals surface area contributed by atoms with Crippen LogP contribution in [0.2, 0.25) is 0 Å². The Balaban J connectivity index is 1.35. The van der Waals surface area contributed by atoms with Crippen LogP contribution in [0.25, 0.3) is 0 Å². The Hall–Kier alpha value is -3.82. The number of rotatable bonds is 9. The highest BCUT2D eigenvalue weighted by Crippen LogP contribution is 2.30. The Morgan fingerprint density at radius 2 is 1.42 bits per heavy atom. The molecule has 3 amide bonds. The Kier molecular flexibility index (Phi) is 8.70. The van der Waals surface area contributed by atoms with Crippen LogP contribution in [0.15, 0.2) is 60.7 Å². The van der Waals surface area contributed by atoms with Crippen molar-refractivity contribution in [3.05, 3.63) is 71.8 Å². The van der Waals surface area contributed by atoms with Crippen molar-refractivity contribution in [2.24, 2.45) is 0 Å². The topological polar surface area (TPSA) is 96.0 Å². The van der Waals surface area contributed by atoms with E-state index in [1.165, 1.54) is 4.90 Å². The first-order chi connectivity index (χ1) is 18.3. The van der Waals surface area contributed by atoms with Crippen LogP contribution in [-0.2, 0) is 32.1 Å². The zero-order valence-electron chi connectivity index (χ0n) is 21.0. The van der Waals surface area contributed by atoms with Gasteiger partial charge in [-0.3, -0.25) is 19.3 Å². The number of hydrogen-bond acceptors (Lipinski definition) is 5. The molecule has 8 nitrogen and oxygen atoms in total. The molecule has 2 saturated heterocycles. The largest absolute Gasteiger partial charge is 0.445 e. The van der Waals surface area contributed by atoms with Gasteiger partial charge in [0.05, 0.1) is 6.04 Å². The molecule has 2 aromatic rings. The van der Waals surface area contributed by atoms with E-state index >= 15 is 0 Å². The number of ether oxygens (including phenoxy) is 1. The molecule has 2 aliphatic rings. The molecule has 2 atom stereocenters. The summed E-state index contributed by atoms with van der Waals surface area (Å²) in [5.41, 5.74) is 1.65. The quantitative estimate of drug-likeness (QED) is 0.505. The molecule has 0 aliphatic carbocycles. The third-order valence-corrected chi connectivity index (χ3v) is 6.95. The highest BCUT2D eigenvalue weighted by molar-refractivity contribution is 6.10. The number of likely N-dealkylation sites (tertiary alicyclic amines) is 2. The predicted molar refractivity (Wildman–Crippen MR) is 134 cm³/mol. The van der Waals surface area contributed by atoms with Crippen LogP contribution in [0.1, 0.15) is 36.8 Å². The first kappa shape index (κ1) is 27.2. The van der Waals surface area contributed by atoms with Crippen LogP contribution in [-0.4, -0.2) is 71.1 Å². The van der Waals surface area contributed by atoms with Gasteiger partial charge in [0.15, 0.2) is 0 Å². The molecule has 10 heteroatoms. The third kappa shape index (κ3) is 6.17. The fraction of sp³-hybridized carbons (Fsp3) is 0.429. The van der Waals surface area contributed by atoms with E-state index in [4.69, 9.17) is 4.74 Å². The summed E-state index contributed by atoms with van der Waals surface area (Å²) in [6.07, 6.45) is 0.927. The van der Waals surface area contributed by atoms with Gasteiger partial charge < -0.3 is 15.0 Å². The lowest BCUT2D eigenvalue weighted by Crippen LogP contribution is -2.56. The number of Topliss-reactive ketones (excluding diaryl/α,β-unsaturated/α-hetero) is 1. The van der Waals surface area contributed by atoms with Crippen molar-refractivity contribution in [1.82, 2.24) is 15.1 Å². The molecule has 2 aromatic carbocycles. The van der Waals surface area contributed by atoms with Gasteiger partial charge in [-0.15, -0.1) is 0 Å². The second-order valence-corrected chi connectivity index (χ2v) is 9.51. The number of hydrogen-bond donors (Lipinski definition) is 1. The highest BCUT2D eigenvalue weighted by Gasteiger charge is 2.54. The van der Waals surface area contributed by atoms with Gasteiger partial charge >= 0.3 is 12.0 Å². The summed E-state index contributed by atoms with van der Waals surface area (Å²) in [4.78, 5) is 53.6. The number of amides is 3. The molecule has 2 heterocycles. The number of carbonyl (C=O) groups excluding carboxylic acids is 4. The SMILES string of the molecule is O=C([C@H]1CCCN1C(=O)OCc1ccccc1)N1CCCC1C(=O)C(F)(F)C(=O)NCCc1ccccc1. The number of ketones is 1. The van der Waals surface area contributed by atoms with Crippen molar-refractivity contribution in [3.8, 4) is 0 Å². The van der Waals surface area contributed by atoms with E-state index < -0.39 is 41.7 Å². The van der Waals surface area contributed by atoms with E-state index in [9.17, 15) is 28.0 Å². The average Bonchev–Trinajstić information content (AvgIpc) is 3.62. The maximum absolute atomic E-state index is 14.9. The highest BCUT2D eigenvalue weighted by atomic mass is 19.3. The summed E-state index contributed by atoms with van der Waals surface area (Å²) in [6, 6.07) is 15.8. The predicted octanol–water partition coefficient (Wildman–Crippen LogP) is 3.34. The zero-order chi connectivity index (χ0) is 27.1. The summed E-state index contributed by atoms with van der Waals surface area (Å²) < 4.78 is 35.1. The van der Waals surface area contributed by atoms with Crippen molar-refractivity contribution in [2.75, 3.05) is 19.6 Å². The third-order valence-electron chi connectivity index (χ3n) is 6.95. The standard InChI is InChI=1S/C28H31F2N3O5/c29-28(30,26(36)31-16-15-20-9-3-1-4-10-20)24(34)22-13-7-17-32(22)25(35)23-14-8-18-33(23)27(37)38-19-21-11-5-2-6-12-21/h1-6,9-12,22-23H,7-8,13-19H2,(H,31,36)/t22?,23-/m1/s1. The summed E-state index contributed by atoms with van der Waals surface area (Å²) in [7, 11) is 0. The fourth-order valence-corrected chi connectivity index (χ4v) is 4.94. The van der Waals surface area contributed by atoms with Crippen LogP contribution in [0, 0.1) is 0 Å². The monoisotopic (exact) mass is 527 g/mol. The molecule has 0 spiro atoms. The number of carbonyl (C=O) groups is 4. The van der Waals surface area contributed by atoms with Gasteiger partial charge in [-0.25, -0.2) is 4.79 Å². The Morgan fingerprint density at radius 1 is 0.842 bits per heavy atom. The van der Waals surface area contributed by atoms with Crippen LogP contribution >= 0.6 is 0 Å². The van der Waals surface area contributed by atoms with E-state index in [-0.39, 0.29) is 32.7 Å². The molecule has 0 bridgehead atoms. The van der Waals surface area contributed by atoms with Gasteiger partial charge in [-0.05, 0) is 43.2 Å². The molecular weight excluding hydrogens is 496 g/mol. The van der Waals surface area contributed by atoms with Crippen LogP contribution in [0.5, 0.6) is 0 Å². The second-order valence-electron chi connectivity index (χ2n) is 9.51. The Morgan fingerprint density at radius 3 is 2.08 bits per heavy atom. The average molecular weight is 528 g/mol. The first-order valence-electron chi connectivity index (χ1n) is 12.8. The minimum Gasteiger partial charge on any atom is -0.445 e. The van der Waals surface area contributed by atoms with Crippen molar-refractivity contribution in [1.29, 1.82) is 0 Å². The van der Waals surface area contributed by atoms with Gasteiger partial charge in [0.2, 0.25) is 11.7 Å². The number of benzene rings is 2. The van der Waals surface area contributed by atoms with Crippen LogP contribution < -0.4 is 5.32 Å². The second kappa shape index (κ2) is 12.1. The van der Waals surface area contributed by atoms with Crippen molar-refractivity contribution in [3.63, 3.8) is 0 Å². The van der Waals surface area contributed by atoms with Gasteiger partial charge in [0, 0.05) is 19.6 Å². The molecule has 2 fully saturated rings. The molecule has 202 valence electrons. The van der Waals surface area contributed by atoms with E-state index in [0.717, 1.165) is 16.0 Å². The fourth-order valence-electron chi connectivity index (χ4n) is 4.94. The minimum absolute atomic E-state index is 0.0304. The molecule has 0 aromatic heterocycles. The summed E-state index contributed by atoms with van der Waals surface area (Å²) in [5.74, 6) is -8.13. The van der Waals surface area contributed by atoms with Crippen molar-refractivity contribution >= 4 is 23.7 Å². The van der Waals surface area contributed by atoms with E-state index in [2.05, 4.69) is 5.32 Å². The Labute approximate surface area is 219 Å². The molecule has 0 saturated carbocycles. The summed E-state index contributed by atoms with van der Waals surface area (Å²) in [5, 5.41) is 2.14. The molecule has 4 rings (SSSR count). The maximum atomic E-state index is 14.9. The van der Waals surface area contributed by atoms with Gasteiger partial charge in [-0.1, -0.05) is 60.7 Å². The molecular formula is C28H31F2N3O5. The number of alkyl halides is 2. The first-order valence-corrected chi connectivity index (χ1v) is 12.8. The molecule has 0 radical (unpaired) electrons. The molecule has 1 unspecified atom stereocenters. The summed E-state index contributed by atoms with van der Waals surface area (Å²) in [6.45, 7) is 0.371. The normalized spacial score (nSPS) is 19.3. The molecule has 2 aliphatic heterocycles. The molecule has 38 heavy (non-hydrogen) atoms. The van der Waals surface area contributed by atoms with E-state index in [1.54, 1.807) is 36.4 Å². The van der Waals surface area contributed by atoms with E-state index in [1.807, 2.05) is 24.3 Å². The van der Waals surface area contributed by atoms with Crippen molar-refractivity contribution in [2.45, 2.75) is 56.7 Å². The smallest absolute Gasteiger partial charge is 0.410 e. The number of nitrogens with zero attached hydrogens (tertiary/aromatic N) is 2. The van der Waals surface area contributed by atoms with Gasteiger partial charge in [-0.2, -0.15) is 8.78 Å². The molecule has 1 N–H and O–H groups in total. The summed E-state index contributed by atoms with van der Waals surface area (Å²) >= 11 is 0. The number of halogens is 2. The van der Waals surface area contributed by atoms with Gasteiger partial charge in [0.25, 0.3) is 5.91 Å². The minimum atomic E-state index is -4.28. The van der Waals surface area contributed by atoms with Gasteiger partial charge in [0.1, 0.15) is 12.6 Å². The number of nitrogens with one attached hydrogen (secondary N) is 1. The zero-order valence-corrected chi connectivity index (χ0v) is 21.0. The van der Waals surface area contributed by atoms with Crippen LogP contribution in [0.4, 0.5) is 13.6 Å².